The van der Waals surface area contributed by atoms with Crippen LogP contribution in [0, 0.1) is 11.7 Å². The third-order valence-electron chi connectivity index (χ3n) is 6.70. The van der Waals surface area contributed by atoms with Crippen LogP contribution in [0.25, 0.3) is 0 Å². The number of nitrogens with one attached hydrogen (secondary N) is 1. The fourth-order valence-corrected chi connectivity index (χ4v) is 6.51. The summed E-state index contributed by atoms with van der Waals surface area (Å²) in [5.41, 5.74) is 1.05. The van der Waals surface area contributed by atoms with E-state index in [-0.39, 0.29) is 0 Å². The first kappa shape index (κ1) is 23.4. The van der Waals surface area contributed by atoms with Crippen molar-refractivity contribution in [2.24, 2.45) is 0 Å². The Morgan fingerprint density at radius 2 is 1.81 bits per heavy atom. The lowest BCUT2D eigenvalue weighted by Crippen LogP contribution is -3.14. The zero-order valence-electron chi connectivity index (χ0n) is 18.9. The Kier molecular flexibility index (Phi) is 7.29. The molecule has 0 radical (unpaired) electrons. The highest BCUT2D eigenvalue weighted by molar-refractivity contribution is 7.89. The standard InChI is InChI=1S/C23H33N5O2S2/c1-3-13-27-22(20-7-5-4-6-8-20)24-28(23(27)31)18-25-14-16-26(17-15-25)32(29,30)21-11-9-19(2)10-12-21/h3,9-12,20H,1,4-8,13-18H2,2H3/p+1. The summed E-state index contributed by atoms with van der Waals surface area (Å²) in [6.07, 6.45) is 8.04. The highest BCUT2D eigenvalue weighted by atomic mass is 32.2. The van der Waals surface area contributed by atoms with Gasteiger partial charge in [0.2, 0.25) is 14.8 Å². The summed E-state index contributed by atoms with van der Waals surface area (Å²) in [6, 6.07) is 7.09. The number of sulfonamides is 1. The molecule has 1 aliphatic carbocycles. The molecule has 1 aliphatic heterocycles. The van der Waals surface area contributed by atoms with Crippen molar-refractivity contribution < 1.29 is 13.3 Å². The minimum atomic E-state index is -3.45. The van der Waals surface area contributed by atoms with Crippen LogP contribution in [0.4, 0.5) is 0 Å². The molecule has 1 aromatic heterocycles. The van der Waals surface area contributed by atoms with Crippen molar-refractivity contribution in [3.8, 4) is 0 Å². The van der Waals surface area contributed by atoms with Gasteiger partial charge in [-0.25, -0.2) is 8.42 Å². The topological polar surface area (TPSA) is 64.6 Å². The van der Waals surface area contributed by atoms with Gasteiger partial charge in [0.05, 0.1) is 31.1 Å². The molecule has 0 atom stereocenters. The van der Waals surface area contributed by atoms with Crippen LogP contribution in [0.3, 0.4) is 0 Å². The normalized spacial score (nSPS) is 19.3. The molecule has 2 aromatic rings. The van der Waals surface area contributed by atoms with Gasteiger partial charge in [-0.05, 0) is 44.1 Å². The second-order valence-corrected chi connectivity index (χ2v) is 11.3. The molecule has 2 aliphatic rings. The first-order valence-corrected chi connectivity index (χ1v) is 13.4. The molecule has 0 spiro atoms. The van der Waals surface area contributed by atoms with E-state index in [1.54, 1.807) is 16.4 Å². The Bertz CT molecular complexity index is 1090. The van der Waals surface area contributed by atoms with Gasteiger partial charge in [0, 0.05) is 12.5 Å². The lowest BCUT2D eigenvalue weighted by Gasteiger charge is -2.31. The summed E-state index contributed by atoms with van der Waals surface area (Å²) in [4.78, 5) is 1.67. The fourth-order valence-electron chi connectivity index (χ4n) is 4.80. The van der Waals surface area contributed by atoms with E-state index < -0.39 is 10.0 Å². The van der Waals surface area contributed by atoms with E-state index in [2.05, 4.69) is 11.1 Å². The van der Waals surface area contributed by atoms with E-state index in [4.69, 9.17) is 17.3 Å². The van der Waals surface area contributed by atoms with Crippen molar-refractivity contribution >= 4 is 22.2 Å². The van der Waals surface area contributed by atoms with E-state index in [0.29, 0.717) is 37.1 Å². The van der Waals surface area contributed by atoms with E-state index >= 15 is 0 Å². The van der Waals surface area contributed by atoms with Crippen molar-refractivity contribution in [1.82, 2.24) is 18.7 Å². The summed E-state index contributed by atoms with van der Waals surface area (Å²) < 4.78 is 32.4. The molecule has 0 bridgehead atoms. The number of piperazine rings is 1. The summed E-state index contributed by atoms with van der Waals surface area (Å²) >= 11 is 5.77. The van der Waals surface area contributed by atoms with Crippen molar-refractivity contribution in [3.05, 3.63) is 53.1 Å². The maximum atomic E-state index is 13.0. The molecule has 2 heterocycles. The van der Waals surface area contributed by atoms with Crippen LogP contribution in [0.5, 0.6) is 0 Å². The van der Waals surface area contributed by atoms with E-state index in [1.807, 2.05) is 29.8 Å². The molecule has 174 valence electrons. The molecule has 1 aromatic carbocycles. The number of aromatic nitrogens is 3. The van der Waals surface area contributed by atoms with Crippen molar-refractivity contribution in [2.75, 3.05) is 26.2 Å². The van der Waals surface area contributed by atoms with Gasteiger partial charge < -0.3 is 4.90 Å². The predicted octanol–water partition coefficient (Wildman–Crippen LogP) is 2.50. The number of nitrogens with zero attached hydrogens (tertiary/aromatic N) is 4. The zero-order valence-corrected chi connectivity index (χ0v) is 20.5. The second kappa shape index (κ2) is 9.99. The van der Waals surface area contributed by atoms with Crippen LogP contribution in [-0.2, 0) is 23.2 Å². The van der Waals surface area contributed by atoms with Gasteiger partial charge in [-0.2, -0.15) is 14.1 Å². The SMILES string of the molecule is C=CCn1c(C2CCCCC2)nn(C[NH+]2CCN(S(=O)(=O)c3ccc(C)cc3)CC2)c1=S. The van der Waals surface area contributed by atoms with Crippen molar-refractivity contribution in [3.63, 3.8) is 0 Å². The molecular formula is C23H34N5O2S2+. The number of quaternary nitrogens is 1. The van der Waals surface area contributed by atoms with Crippen LogP contribution >= 0.6 is 12.2 Å². The number of hydrogen-bond donors (Lipinski definition) is 1. The molecule has 0 amide bonds. The molecular weight excluding hydrogens is 442 g/mol. The minimum absolute atomic E-state index is 0.370. The number of benzene rings is 1. The molecule has 2 fully saturated rings. The monoisotopic (exact) mass is 476 g/mol. The Morgan fingerprint density at radius 1 is 1.16 bits per heavy atom. The smallest absolute Gasteiger partial charge is 0.243 e. The minimum Gasteiger partial charge on any atom is -0.314 e. The Labute approximate surface area is 196 Å². The van der Waals surface area contributed by atoms with Crippen LogP contribution in [0.2, 0.25) is 0 Å². The first-order chi connectivity index (χ1) is 15.4. The zero-order chi connectivity index (χ0) is 22.7. The number of hydrogen-bond acceptors (Lipinski definition) is 4. The quantitative estimate of drug-likeness (QED) is 0.493. The van der Waals surface area contributed by atoms with Gasteiger partial charge in [-0.1, -0.05) is 43.0 Å². The predicted molar refractivity (Wildman–Crippen MR) is 128 cm³/mol. The van der Waals surface area contributed by atoms with E-state index in [0.717, 1.165) is 29.2 Å². The molecule has 4 rings (SSSR count). The molecule has 1 saturated carbocycles. The van der Waals surface area contributed by atoms with Crippen LogP contribution in [-0.4, -0.2) is 53.2 Å². The Balaban J connectivity index is 1.44. The molecule has 9 heteroatoms. The highest BCUT2D eigenvalue weighted by Gasteiger charge is 2.31. The fraction of sp³-hybridized carbons (Fsp3) is 0.565. The summed E-state index contributed by atoms with van der Waals surface area (Å²) in [5.74, 6) is 1.56. The van der Waals surface area contributed by atoms with E-state index in [1.165, 1.54) is 37.0 Å². The summed E-state index contributed by atoms with van der Waals surface area (Å²) in [7, 11) is -3.45. The van der Waals surface area contributed by atoms with Crippen molar-refractivity contribution in [2.45, 2.75) is 63.1 Å². The average Bonchev–Trinajstić information content (AvgIpc) is 3.11. The maximum absolute atomic E-state index is 13.0. The Morgan fingerprint density at radius 3 is 2.44 bits per heavy atom. The first-order valence-electron chi connectivity index (χ1n) is 11.6. The van der Waals surface area contributed by atoms with Crippen LogP contribution in [0.1, 0.15) is 49.4 Å². The third-order valence-corrected chi connectivity index (χ3v) is 9.04. The average molecular weight is 477 g/mol. The van der Waals surface area contributed by atoms with Gasteiger partial charge in [0.1, 0.15) is 5.82 Å². The van der Waals surface area contributed by atoms with Gasteiger partial charge in [0.25, 0.3) is 0 Å². The molecule has 7 nitrogen and oxygen atoms in total. The largest absolute Gasteiger partial charge is 0.314 e. The number of allylic oxidation sites excluding steroid dienone is 1. The van der Waals surface area contributed by atoms with Gasteiger partial charge in [0.15, 0.2) is 6.67 Å². The second-order valence-electron chi connectivity index (χ2n) is 9.00. The van der Waals surface area contributed by atoms with Gasteiger partial charge in [-0.15, -0.1) is 6.58 Å². The van der Waals surface area contributed by atoms with Crippen molar-refractivity contribution in [1.29, 1.82) is 0 Å². The van der Waals surface area contributed by atoms with Crippen LogP contribution < -0.4 is 4.90 Å². The summed E-state index contributed by atoms with van der Waals surface area (Å²) in [5, 5.41) is 4.94. The third kappa shape index (κ3) is 4.90. The molecule has 32 heavy (non-hydrogen) atoms. The highest BCUT2D eigenvalue weighted by Crippen LogP contribution is 2.31. The molecule has 1 N–H and O–H groups in total. The summed E-state index contributed by atoms with van der Waals surface area (Å²) in [6.45, 7) is 9.68. The molecule has 1 saturated heterocycles. The molecule has 0 unspecified atom stereocenters. The maximum Gasteiger partial charge on any atom is 0.243 e. The van der Waals surface area contributed by atoms with E-state index in [9.17, 15) is 8.42 Å². The van der Waals surface area contributed by atoms with Gasteiger partial charge >= 0.3 is 0 Å². The van der Waals surface area contributed by atoms with Crippen LogP contribution in [0.15, 0.2) is 41.8 Å². The number of aryl methyl sites for hydroxylation is 1. The lowest BCUT2D eigenvalue weighted by atomic mass is 9.89. The Hall–Kier alpha value is -1.81. The number of rotatable bonds is 7. The lowest BCUT2D eigenvalue weighted by molar-refractivity contribution is -0.926. The van der Waals surface area contributed by atoms with Gasteiger partial charge in [-0.3, -0.25) is 4.57 Å².